The van der Waals surface area contributed by atoms with Gasteiger partial charge < -0.3 is 15.2 Å². The second kappa shape index (κ2) is 5.60. The number of fused-ring (bicyclic) bond motifs is 1. The molecule has 3 unspecified atom stereocenters. The summed E-state index contributed by atoms with van der Waals surface area (Å²) in [5.41, 5.74) is 7.49. The summed E-state index contributed by atoms with van der Waals surface area (Å²) in [7, 11) is 0. The standard InChI is InChI=1S/C16H26N4/c1-3-8-19-10-13(4-2)18-16(19)20-9-12-6-5-7-15(17)14(12)11-20/h3,10,12,14-15H,1,4-9,11,17H2,2H3. The van der Waals surface area contributed by atoms with Gasteiger partial charge in [-0.1, -0.05) is 19.4 Å². The van der Waals surface area contributed by atoms with Gasteiger partial charge in [0.2, 0.25) is 5.95 Å². The Morgan fingerprint density at radius 2 is 2.30 bits per heavy atom. The predicted molar refractivity (Wildman–Crippen MR) is 82.8 cm³/mol. The molecule has 4 nitrogen and oxygen atoms in total. The lowest BCUT2D eigenvalue weighted by atomic mass is 9.78. The van der Waals surface area contributed by atoms with Crippen molar-refractivity contribution in [2.45, 2.75) is 45.2 Å². The van der Waals surface area contributed by atoms with E-state index >= 15 is 0 Å². The Labute approximate surface area is 121 Å². The Balaban J connectivity index is 1.82. The molecule has 0 aromatic carbocycles. The van der Waals surface area contributed by atoms with Crippen LogP contribution in [-0.4, -0.2) is 28.7 Å². The first-order valence-corrected chi connectivity index (χ1v) is 7.90. The van der Waals surface area contributed by atoms with Crippen LogP contribution in [0.4, 0.5) is 5.95 Å². The molecule has 1 aliphatic heterocycles. The highest BCUT2D eigenvalue weighted by atomic mass is 15.3. The minimum absolute atomic E-state index is 0.382. The topological polar surface area (TPSA) is 47.1 Å². The summed E-state index contributed by atoms with van der Waals surface area (Å²) in [6.07, 6.45) is 8.90. The first kappa shape index (κ1) is 13.7. The normalized spacial score (nSPS) is 29.5. The summed E-state index contributed by atoms with van der Waals surface area (Å²) in [5, 5.41) is 0. The Morgan fingerprint density at radius 3 is 3.00 bits per heavy atom. The molecular weight excluding hydrogens is 248 g/mol. The van der Waals surface area contributed by atoms with Gasteiger partial charge in [0.1, 0.15) is 0 Å². The van der Waals surface area contributed by atoms with Gasteiger partial charge in [-0.15, -0.1) is 6.58 Å². The summed E-state index contributed by atoms with van der Waals surface area (Å²) in [5.74, 6) is 2.53. The number of hydrogen-bond donors (Lipinski definition) is 1. The summed E-state index contributed by atoms with van der Waals surface area (Å²) in [6.45, 7) is 9.04. The van der Waals surface area contributed by atoms with Crippen LogP contribution in [0.3, 0.4) is 0 Å². The fourth-order valence-corrected chi connectivity index (χ4v) is 3.84. The Bertz CT molecular complexity index is 479. The molecule has 110 valence electrons. The zero-order valence-electron chi connectivity index (χ0n) is 12.5. The van der Waals surface area contributed by atoms with Crippen LogP contribution in [0, 0.1) is 11.8 Å². The minimum Gasteiger partial charge on any atom is -0.342 e. The van der Waals surface area contributed by atoms with Crippen LogP contribution < -0.4 is 10.6 Å². The summed E-state index contributed by atoms with van der Waals surface area (Å²) < 4.78 is 2.23. The van der Waals surface area contributed by atoms with Gasteiger partial charge in [0.05, 0.1) is 5.69 Å². The molecule has 3 atom stereocenters. The second-order valence-electron chi connectivity index (χ2n) is 6.25. The summed E-state index contributed by atoms with van der Waals surface area (Å²) in [6, 6.07) is 0.382. The van der Waals surface area contributed by atoms with Crippen molar-refractivity contribution in [2.24, 2.45) is 17.6 Å². The minimum atomic E-state index is 0.382. The maximum Gasteiger partial charge on any atom is 0.206 e. The molecule has 0 bridgehead atoms. The van der Waals surface area contributed by atoms with Crippen molar-refractivity contribution in [3.8, 4) is 0 Å². The largest absolute Gasteiger partial charge is 0.342 e. The quantitative estimate of drug-likeness (QED) is 0.856. The van der Waals surface area contributed by atoms with E-state index in [0.29, 0.717) is 12.0 Å². The average Bonchev–Trinajstić information content (AvgIpc) is 3.03. The van der Waals surface area contributed by atoms with Crippen LogP contribution in [0.2, 0.25) is 0 Å². The zero-order chi connectivity index (χ0) is 14.1. The molecule has 0 spiro atoms. The smallest absolute Gasteiger partial charge is 0.206 e. The fraction of sp³-hybridized carbons (Fsp3) is 0.688. The van der Waals surface area contributed by atoms with E-state index in [1.54, 1.807) is 0 Å². The van der Waals surface area contributed by atoms with Crippen molar-refractivity contribution in [2.75, 3.05) is 18.0 Å². The number of nitrogens with two attached hydrogens (primary N) is 1. The number of allylic oxidation sites excluding steroid dienone is 1. The van der Waals surface area contributed by atoms with Crippen molar-refractivity contribution in [3.63, 3.8) is 0 Å². The third-order valence-electron chi connectivity index (χ3n) is 4.93. The Morgan fingerprint density at radius 1 is 1.45 bits per heavy atom. The maximum atomic E-state index is 6.32. The lowest BCUT2D eigenvalue weighted by Crippen LogP contribution is -2.38. The molecule has 1 aromatic heterocycles. The van der Waals surface area contributed by atoms with Crippen molar-refractivity contribution < 1.29 is 0 Å². The summed E-state index contributed by atoms with van der Waals surface area (Å²) >= 11 is 0. The molecule has 1 aromatic rings. The third-order valence-corrected chi connectivity index (χ3v) is 4.93. The number of aromatic nitrogens is 2. The van der Waals surface area contributed by atoms with Gasteiger partial charge in [0.15, 0.2) is 0 Å². The molecule has 1 aliphatic carbocycles. The van der Waals surface area contributed by atoms with Crippen molar-refractivity contribution in [1.29, 1.82) is 0 Å². The third kappa shape index (κ3) is 2.37. The molecule has 2 aliphatic rings. The van der Waals surface area contributed by atoms with Crippen LogP contribution in [0.5, 0.6) is 0 Å². The van der Waals surface area contributed by atoms with Gasteiger partial charge in [0, 0.05) is 31.9 Å². The molecule has 2 N–H and O–H groups in total. The molecule has 0 amide bonds. The van der Waals surface area contributed by atoms with Crippen molar-refractivity contribution in [1.82, 2.24) is 9.55 Å². The summed E-state index contributed by atoms with van der Waals surface area (Å²) in [4.78, 5) is 7.26. The monoisotopic (exact) mass is 274 g/mol. The molecule has 1 saturated carbocycles. The Kier molecular flexibility index (Phi) is 3.83. The molecule has 1 saturated heterocycles. The molecule has 4 heteroatoms. The lowest BCUT2D eigenvalue weighted by Gasteiger charge is -2.29. The Hall–Kier alpha value is -1.29. The zero-order valence-corrected chi connectivity index (χ0v) is 12.5. The lowest BCUT2D eigenvalue weighted by molar-refractivity contribution is 0.260. The van der Waals surface area contributed by atoms with E-state index in [4.69, 9.17) is 10.7 Å². The number of imidazole rings is 1. The molecule has 2 heterocycles. The first-order valence-electron chi connectivity index (χ1n) is 7.90. The van der Waals surface area contributed by atoms with Gasteiger partial charge in [-0.2, -0.15) is 0 Å². The SMILES string of the molecule is C=CCn1cc(CC)nc1N1CC2CCCC(N)C2C1. The van der Waals surface area contributed by atoms with Gasteiger partial charge in [-0.25, -0.2) is 4.98 Å². The number of nitrogens with zero attached hydrogens (tertiary/aromatic N) is 3. The van der Waals surface area contributed by atoms with E-state index in [9.17, 15) is 0 Å². The molecular formula is C16H26N4. The highest BCUT2D eigenvalue weighted by molar-refractivity contribution is 5.36. The fourth-order valence-electron chi connectivity index (χ4n) is 3.84. The van der Waals surface area contributed by atoms with Crippen LogP contribution in [0.15, 0.2) is 18.9 Å². The first-order chi connectivity index (χ1) is 9.72. The number of aryl methyl sites for hydroxylation is 1. The molecule has 0 radical (unpaired) electrons. The predicted octanol–water partition coefficient (Wildman–Crippen LogP) is 2.20. The van der Waals surface area contributed by atoms with Gasteiger partial charge in [0.25, 0.3) is 0 Å². The van der Waals surface area contributed by atoms with Gasteiger partial charge in [-0.3, -0.25) is 0 Å². The van der Waals surface area contributed by atoms with Gasteiger partial charge >= 0.3 is 0 Å². The van der Waals surface area contributed by atoms with Crippen LogP contribution >= 0.6 is 0 Å². The van der Waals surface area contributed by atoms with E-state index in [1.807, 2.05) is 6.08 Å². The molecule has 3 rings (SSSR count). The highest BCUT2D eigenvalue weighted by Crippen LogP contribution is 2.37. The number of hydrogen-bond acceptors (Lipinski definition) is 3. The average molecular weight is 274 g/mol. The van der Waals surface area contributed by atoms with Crippen LogP contribution in [0.25, 0.3) is 0 Å². The number of anilines is 1. The van der Waals surface area contributed by atoms with Crippen LogP contribution in [-0.2, 0) is 13.0 Å². The van der Waals surface area contributed by atoms with Crippen LogP contribution in [0.1, 0.15) is 31.9 Å². The van der Waals surface area contributed by atoms with Crippen molar-refractivity contribution in [3.05, 3.63) is 24.5 Å². The van der Waals surface area contributed by atoms with E-state index in [2.05, 4.69) is 29.2 Å². The maximum absolute atomic E-state index is 6.32. The number of rotatable bonds is 4. The highest BCUT2D eigenvalue weighted by Gasteiger charge is 2.39. The van der Waals surface area contributed by atoms with E-state index < -0.39 is 0 Å². The second-order valence-corrected chi connectivity index (χ2v) is 6.25. The van der Waals surface area contributed by atoms with E-state index in [-0.39, 0.29) is 0 Å². The molecule has 2 fully saturated rings. The van der Waals surface area contributed by atoms with Gasteiger partial charge in [-0.05, 0) is 31.1 Å². The molecule has 20 heavy (non-hydrogen) atoms. The van der Waals surface area contributed by atoms with E-state index in [0.717, 1.165) is 37.9 Å². The van der Waals surface area contributed by atoms with Crippen molar-refractivity contribution >= 4 is 5.95 Å². The van der Waals surface area contributed by atoms with E-state index in [1.165, 1.54) is 25.0 Å².